The summed E-state index contributed by atoms with van der Waals surface area (Å²) in [7, 11) is 0. The van der Waals surface area contributed by atoms with Gasteiger partial charge >= 0.3 is 5.97 Å². The number of hydrogen-bond acceptors (Lipinski definition) is 3. The van der Waals surface area contributed by atoms with Crippen molar-refractivity contribution in [3.63, 3.8) is 0 Å². The number of nitrogens with one attached hydrogen (secondary N) is 1. The SMILES string of the molecule is CCC(C)C(NC(=O)C1CCCC1N)C(=O)O. The molecule has 1 rings (SSSR count). The molecule has 0 bridgehead atoms. The molecule has 0 saturated heterocycles. The van der Waals surface area contributed by atoms with Gasteiger partial charge in [-0.1, -0.05) is 26.7 Å². The van der Waals surface area contributed by atoms with Crippen molar-refractivity contribution in [3.05, 3.63) is 0 Å². The van der Waals surface area contributed by atoms with Crippen LogP contribution in [0.25, 0.3) is 0 Å². The van der Waals surface area contributed by atoms with Crippen LogP contribution < -0.4 is 11.1 Å². The number of hydrogen-bond donors (Lipinski definition) is 3. The summed E-state index contributed by atoms with van der Waals surface area (Å²) >= 11 is 0. The standard InChI is InChI=1S/C12H22N2O3/c1-3-7(2)10(12(16)17)14-11(15)8-5-4-6-9(8)13/h7-10H,3-6,13H2,1-2H3,(H,14,15)(H,16,17). The Hall–Kier alpha value is -1.10. The van der Waals surface area contributed by atoms with Crippen molar-refractivity contribution < 1.29 is 14.7 Å². The normalized spacial score (nSPS) is 27.5. The van der Waals surface area contributed by atoms with Gasteiger partial charge in [0.2, 0.25) is 5.91 Å². The Morgan fingerprint density at radius 3 is 2.53 bits per heavy atom. The van der Waals surface area contributed by atoms with Crippen LogP contribution in [0.3, 0.4) is 0 Å². The topological polar surface area (TPSA) is 92.4 Å². The first-order valence-electron chi connectivity index (χ1n) is 6.26. The number of carboxylic acids is 1. The van der Waals surface area contributed by atoms with Crippen LogP contribution in [-0.2, 0) is 9.59 Å². The average molecular weight is 242 g/mol. The highest BCUT2D eigenvalue weighted by atomic mass is 16.4. The second kappa shape index (κ2) is 6.00. The Morgan fingerprint density at radius 1 is 1.47 bits per heavy atom. The summed E-state index contributed by atoms with van der Waals surface area (Å²) in [6.07, 6.45) is 3.27. The smallest absolute Gasteiger partial charge is 0.326 e. The van der Waals surface area contributed by atoms with E-state index in [-0.39, 0.29) is 23.8 Å². The Balaban J connectivity index is 2.61. The molecule has 5 heteroatoms. The van der Waals surface area contributed by atoms with Crippen LogP contribution in [-0.4, -0.2) is 29.1 Å². The largest absolute Gasteiger partial charge is 0.480 e. The molecular weight excluding hydrogens is 220 g/mol. The number of amides is 1. The maximum absolute atomic E-state index is 11.9. The minimum absolute atomic E-state index is 0.0749. The summed E-state index contributed by atoms with van der Waals surface area (Å²) in [5.74, 6) is -1.48. The predicted octanol–water partition coefficient (Wildman–Crippen LogP) is 0.729. The quantitative estimate of drug-likeness (QED) is 0.662. The van der Waals surface area contributed by atoms with E-state index in [2.05, 4.69) is 5.32 Å². The minimum Gasteiger partial charge on any atom is -0.480 e. The zero-order valence-electron chi connectivity index (χ0n) is 10.5. The lowest BCUT2D eigenvalue weighted by Crippen LogP contribution is -2.49. The van der Waals surface area contributed by atoms with Crippen molar-refractivity contribution >= 4 is 11.9 Å². The van der Waals surface area contributed by atoms with E-state index in [0.29, 0.717) is 6.42 Å². The Labute approximate surface area is 102 Å². The predicted molar refractivity (Wildman–Crippen MR) is 64.3 cm³/mol. The Kier molecular flexibility index (Phi) is 4.93. The highest BCUT2D eigenvalue weighted by Gasteiger charge is 2.33. The van der Waals surface area contributed by atoms with Crippen molar-refractivity contribution in [2.45, 2.75) is 51.6 Å². The van der Waals surface area contributed by atoms with Crippen LogP contribution in [0.1, 0.15) is 39.5 Å². The van der Waals surface area contributed by atoms with Crippen molar-refractivity contribution in [2.75, 3.05) is 0 Å². The van der Waals surface area contributed by atoms with Gasteiger partial charge in [0.05, 0.1) is 5.92 Å². The average Bonchev–Trinajstić information content (AvgIpc) is 2.70. The van der Waals surface area contributed by atoms with Gasteiger partial charge in [-0.3, -0.25) is 4.79 Å². The van der Waals surface area contributed by atoms with Gasteiger partial charge in [0.25, 0.3) is 0 Å². The molecule has 1 aliphatic carbocycles. The van der Waals surface area contributed by atoms with Gasteiger partial charge in [0.15, 0.2) is 0 Å². The molecular formula is C12H22N2O3. The first-order valence-corrected chi connectivity index (χ1v) is 6.26. The molecule has 1 aliphatic rings. The summed E-state index contributed by atoms with van der Waals surface area (Å²) in [5.41, 5.74) is 5.83. The van der Waals surface area contributed by atoms with Gasteiger partial charge in [0, 0.05) is 6.04 Å². The number of carbonyl (C=O) groups is 2. The van der Waals surface area contributed by atoms with Gasteiger partial charge in [-0.2, -0.15) is 0 Å². The maximum Gasteiger partial charge on any atom is 0.326 e. The van der Waals surface area contributed by atoms with Gasteiger partial charge in [-0.15, -0.1) is 0 Å². The van der Waals surface area contributed by atoms with Gasteiger partial charge < -0.3 is 16.2 Å². The van der Waals surface area contributed by atoms with E-state index in [1.807, 2.05) is 13.8 Å². The van der Waals surface area contributed by atoms with E-state index in [1.54, 1.807) is 0 Å². The summed E-state index contributed by atoms with van der Waals surface area (Å²) in [6.45, 7) is 3.74. The highest BCUT2D eigenvalue weighted by Crippen LogP contribution is 2.24. The third-order valence-corrected chi connectivity index (χ3v) is 3.68. The van der Waals surface area contributed by atoms with E-state index in [9.17, 15) is 9.59 Å². The number of carbonyl (C=O) groups excluding carboxylic acids is 1. The molecule has 0 aromatic carbocycles. The van der Waals surface area contributed by atoms with Crippen molar-refractivity contribution in [1.82, 2.24) is 5.32 Å². The Morgan fingerprint density at radius 2 is 2.12 bits per heavy atom. The van der Waals surface area contributed by atoms with E-state index in [4.69, 9.17) is 10.8 Å². The molecule has 4 N–H and O–H groups in total. The van der Waals surface area contributed by atoms with Crippen LogP contribution in [0.15, 0.2) is 0 Å². The van der Waals surface area contributed by atoms with E-state index < -0.39 is 12.0 Å². The van der Waals surface area contributed by atoms with E-state index in [0.717, 1.165) is 19.3 Å². The van der Waals surface area contributed by atoms with Crippen molar-refractivity contribution in [3.8, 4) is 0 Å². The van der Waals surface area contributed by atoms with Crippen molar-refractivity contribution in [1.29, 1.82) is 0 Å². The fraction of sp³-hybridized carbons (Fsp3) is 0.833. The molecule has 98 valence electrons. The molecule has 4 atom stereocenters. The molecule has 0 aromatic heterocycles. The van der Waals surface area contributed by atoms with Crippen LogP contribution in [0.2, 0.25) is 0 Å². The molecule has 17 heavy (non-hydrogen) atoms. The summed E-state index contributed by atoms with van der Waals surface area (Å²) < 4.78 is 0. The number of aliphatic carboxylic acids is 1. The lowest BCUT2D eigenvalue weighted by atomic mass is 9.97. The summed E-state index contributed by atoms with van der Waals surface area (Å²) in [6, 6.07) is -0.929. The van der Waals surface area contributed by atoms with Gasteiger partial charge in [0.1, 0.15) is 6.04 Å². The molecule has 5 nitrogen and oxygen atoms in total. The van der Waals surface area contributed by atoms with Crippen molar-refractivity contribution in [2.24, 2.45) is 17.6 Å². The second-order valence-electron chi connectivity index (χ2n) is 4.91. The van der Waals surface area contributed by atoms with E-state index in [1.165, 1.54) is 0 Å². The van der Waals surface area contributed by atoms with Crippen LogP contribution in [0, 0.1) is 11.8 Å². The molecule has 0 aliphatic heterocycles. The number of rotatable bonds is 5. The van der Waals surface area contributed by atoms with Crippen LogP contribution in [0.4, 0.5) is 0 Å². The molecule has 1 fully saturated rings. The van der Waals surface area contributed by atoms with Crippen LogP contribution in [0.5, 0.6) is 0 Å². The fourth-order valence-electron chi connectivity index (χ4n) is 2.26. The fourth-order valence-corrected chi connectivity index (χ4v) is 2.26. The molecule has 1 amide bonds. The lowest BCUT2D eigenvalue weighted by Gasteiger charge is -2.23. The monoisotopic (exact) mass is 242 g/mol. The molecule has 0 aromatic rings. The number of nitrogens with two attached hydrogens (primary N) is 1. The van der Waals surface area contributed by atoms with Gasteiger partial charge in [-0.05, 0) is 18.8 Å². The zero-order valence-corrected chi connectivity index (χ0v) is 10.5. The third kappa shape index (κ3) is 3.43. The molecule has 0 heterocycles. The first-order chi connectivity index (χ1) is 7.97. The number of carboxylic acid groups (broad SMARTS) is 1. The van der Waals surface area contributed by atoms with Gasteiger partial charge in [-0.25, -0.2) is 4.79 Å². The third-order valence-electron chi connectivity index (χ3n) is 3.68. The first kappa shape index (κ1) is 14.0. The summed E-state index contributed by atoms with van der Waals surface area (Å²) in [5, 5.41) is 11.7. The Bertz CT molecular complexity index is 293. The van der Waals surface area contributed by atoms with E-state index >= 15 is 0 Å². The minimum atomic E-state index is -0.973. The molecule has 1 saturated carbocycles. The second-order valence-corrected chi connectivity index (χ2v) is 4.91. The zero-order chi connectivity index (χ0) is 13.0. The summed E-state index contributed by atoms with van der Waals surface area (Å²) in [4.78, 5) is 23.0. The lowest BCUT2D eigenvalue weighted by molar-refractivity contribution is -0.144. The molecule has 4 unspecified atom stereocenters. The maximum atomic E-state index is 11.9. The molecule has 0 radical (unpaired) electrons. The highest BCUT2D eigenvalue weighted by molar-refractivity contribution is 5.85. The van der Waals surface area contributed by atoms with Crippen LogP contribution >= 0.6 is 0 Å². The molecule has 0 spiro atoms.